The molecule has 0 aliphatic rings. The fraction of sp³-hybridized carbons (Fsp3) is 0.216. The Morgan fingerprint density at radius 2 is 0.632 bits per heavy atom. The lowest BCUT2D eigenvalue weighted by Crippen LogP contribution is -2.36. The summed E-state index contributed by atoms with van der Waals surface area (Å²) in [5, 5.41) is 13.5. The predicted octanol–water partition coefficient (Wildman–Crippen LogP) is 19.8. The van der Waals surface area contributed by atoms with Gasteiger partial charge in [0.15, 0.2) is 70.8 Å². The van der Waals surface area contributed by atoms with E-state index < -0.39 is 0 Å². The molecule has 0 atom stereocenters. The zero-order chi connectivity index (χ0) is 81.4. The van der Waals surface area contributed by atoms with Crippen LogP contribution >= 0.6 is 56.7 Å². The Balaban J connectivity index is 0.000000132. The Hall–Kier alpha value is -11.5. The van der Waals surface area contributed by atoms with Gasteiger partial charge >= 0.3 is 0 Å². The van der Waals surface area contributed by atoms with Crippen LogP contribution in [-0.4, -0.2) is 0 Å². The van der Waals surface area contributed by atoms with E-state index in [1.165, 1.54) is 123 Å². The maximum Gasteiger partial charge on any atom is 0.224 e. The molecule has 0 saturated heterocycles. The molecule has 17 heteroatoms. The first-order valence-electron chi connectivity index (χ1n) is 38.0. The van der Waals surface area contributed by atoms with Gasteiger partial charge in [0.2, 0.25) is 84.5 Å². The summed E-state index contributed by atoms with van der Waals surface area (Å²) in [7, 11) is 10.4. The molecule has 6 aromatic carbocycles. The number of aromatic nitrogens is 10. The van der Waals surface area contributed by atoms with Crippen LogP contribution in [0.2, 0.25) is 0 Å². The summed E-state index contributed by atoms with van der Waals surface area (Å²) < 4.78 is 22.0. The Morgan fingerprint density at radius 3 is 0.982 bits per heavy atom. The Bertz CT molecular complexity index is 6170. The molecule has 0 N–H and O–H groups in total. The molecule has 0 fully saturated rings. The summed E-state index contributed by atoms with van der Waals surface area (Å²) in [6.45, 7) is 47.6. The van der Waals surface area contributed by atoms with Gasteiger partial charge in [-0.25, -0.2) is 9.69 Å². The van der Waals surface area contributed by atoms with Crippen molar-refractivity contribution in [3.63, 3.8) is 0 Å². The summed E-state index contributed by atoms with van der Waals surface area (Å²) in [6.07, 6.45) is 10.5. The highest BCUT2D eigenvalue weighted by Gasteiger charge is 2.31. The van der Waals surface area contributed by atoms with Crippen molar-refractivity contribution in [2.24, 2.45) is 35.2 Å². The molecule has 0 aliphatic carbocycles. The average Bonchev–Trinajstić information content (AvgIpc) is 1.01. The number of thiazole rings is 5. The normalized spacial score (nSPS) is 11.0. The molecular formula is C97H102N12S5+10. The molecule has 0 bridgehead atoms. The third-order valence-electron chi connectivity index (χ3n) is 21.3. The van der Waals surface area contributed by atoms with Gasteiger partial charge in [0, 0.05) is 164 Å². The molecule has 12 nitrogen and oxygen atoms in total. The molecule has 0 amide bonds. The topological polar surface area (TPSA) is 47.5 Å². The predicted molar refractivity (Wildman–Crippen MR) is 468 cm³/mol. The van der Waals surface area contributed by atoms with E-state index in [0.717, 1.165) is 45.3 Å². The van der Waals surface area contributed by atoms with E-state index in [0.29, 0.717) is 11.4 Å². The van der Waals surface area contributed by atoms with Gasteiger partial charge in [0.05, 0.1) is 56.7 Å². The van der Waals surface area contributed by atoms with E-state index in [9.17, 15) is 0 Å². The van der Waals surface area contributed by atoms with Crippen molar-refractivity contribution in [3.05, 3.63) is 345 Å². The van der Waals surface area contributed by atoms with Crippen molar-refractivity contribution < 1.29 is 45.7 Å². The molecule has 16 aromatic rings. The lowest BCUT2D eigenvalue weighted by molar-refractivity contribution is -0.655. The van der Waals surface area contributed by atoms with Gasteiger partial charge in [-0.2, -0.15) is 45.7 Å². The van der Waals surface area contributed by atoms with Crippen molar-refractivity contribution in [3.8, 4) is 84.7 Å². The Kier molecular flexibility index (Phi) is 25.6. The van der Waals surface area contributed by atoms with E-state index >= 15 is 0 Å². The second kappa shape index (κ2) is 35.7. The summed E-state index contributed by atoms with van der Waals surface area (Å²) in [4.78, 5) is 7.32. The largest absolute Gasteiger partial charge is 0.238 e. The summed E-state index contributed by atoms with van der Waals surface area (Å²) in [5.41, 5.74) is 46.6. The lowest BCUT2D eigenvalue weighted by atomic mass is 9.84. The van der Waals surface area contributed by atoms with Crippen LogP contribution in [0.4, 0.5) is 11.4 Å². The van der Waals surface area contributed by atoms with E-state index in [1.54, 1.807) is 56.7 Å². The molecule has 570 valence electrons. The highest BCUT2D eigenvalue weighted by molar-refractivity contribution is 7.08. The minimum absolute atomic E-state index is 0.106. The third-order valence-corrected chi connectivity index (χ3v) is 25.3. The summed E-state index contributed by atoms with van der Waals surface area (Å²) in [6, 6.07) is 57.1. The van der Waals surface area contributed by atoms with Crippen molar-refractivity contribution in [1.82, 2.24) is 0 Å². The fourth-order valence-electron chi connectivity index (χ4n) is 15.0. The number of aryl methyl sites for hydroxylation is 12. The molecule has 16 rings (SSSR count). The van der Waals surface area contributed by atoms with E-state index in [4.69, 9.17) is 13.1 Å². The standard InChI is InChI=1S/C21H20N2S.C21H26N2S.C19H22N2S.2C18H17N3S/c1-15-8-6-7-11-23(15)19-12-17-9-4-5-10-18(17)21(16(19)2)20-13-24-14-22(20)3;1-15-9-7-8-10-23(15)19-12-17(21(3,4)5)11-18(16(19)2)20-13-24-14-22(20)6;1-13-10-14(2)19(21-9-7-6-8-15(21)3)16(4)18(13)17-11-22-12-20(17)5;2*1-13-7-5-6-8-21(13)17-10-15(19-3)9-16(14(17)2)18-11-22-12-20(18)4/h4-14H,1-3H3;7-14H,1-6H3;6-12H,1-5H3;2*5-12H,1-2,4H3/q5*+2. The van der Waals surface area contributed by atoms with Crippen LogP contribution < -0.4 is 45.7 Å². The van der Waals surface area contributed by atoms with Crippen molar-refractivity contribution >= 4 is 78.8 Å². The number of benzene rings is 6. The van der Waals surface area contributed by atoms with Gasteiger partial charge in [-0.3, -0.25) is 0 Å². The highest BCUT2D eigenvalue weighted by Crippen LogP contribution is 2.38. The van der Waals surface area contributed by atoms with Gasteiger partial charge in [0.25, 0.3) is 0 Å². The number of rotatable bonds is 10. The van der Waals surface area contributed by atoms with Gasteiger partial charge < -0.3 is 0 Å². The van der Waals surface area contributed by atoms with Crippen molar-refractivity contribution in [2.75, 3.05) is 0 Å². The molecule has 10 heterocycles. The first-order chi connectivity index (χ1) is 54.7. The van der Waals surface area contributed by atoms with E-state index in [2.05, 4.69) is 369 Å². The maximum atomic E-state index is 7.41. The smallest absolute Gasteiger partial charge is 0.224 e. The minimum Gasteiger partial charge on any atom is -0.238 e. The number of fused-ring (bicyclic) bond motifs is 1. The second-order valence-corrected chi connectivity index (χ2v) is 33.8. The number of hydrogen-bond acceptors (Lipinski definition) is 5. The van der Waals surface area contributed by atoms with Crippen molar-refractivity contribution in [2.45, 2.75) is 109 Å². The second-order valence-electron chi connectivity index (χ2n) is 30.2. The average molecular weight is 1600 g/mol. The fourth-order valence-corrected chi connectivity index (χ4v) is 18.8. The van der Waals surface area contributed by atoms with Crippen LogP contribution in [0.3, 0.4) is 0 Å². The first-order valence-corrected chi connectivity index (χ1v) is 42.7. The third kappa shape index (κ3) is 17.5. The highest BCUT2D eigenvalue weighted by atomic mass is 32.1. The molecule has 0 radical (unpaired) electrons. The zero-order valence-electron chi connectivity index (χ0n) is 69.2. The van der Waals surface area contributed by atoms with Crippen LogP contribution in [-0.2, 0) is 40.7 Å². The monoisotopic (exact) mass is 1590 g/mol. The van der Waals surface area contributed by atoms with E-state index in [1.807, 2.05) is 75.0 Å². The number of nitrogens with zero attached hydrogens (tertiary/aromatic N) is 12. The van der Waals surface area contributed by atoms with Crippen LogP contribution in [0.1, 0.15) is 93.7 Å². The van der Waals surface area contributed by atoms with Crippen LogP contribution in [0, 0.1) is 96.2 Å². The maximum absolute atomic E-state index is 7.41. The zero-order valence-corrected chi connectivity index (χ0v) is 73.2. The summed E-state index contributed by atoms with van der Waals surface area (Å²) in [5.74, 6) is 0. The molecule has 0 spiro atoms. The minimum atomic E-state index is 0.106. The number of hydrogen-bond donors (Lipinski definition) is 0. The lowest BCUT2D eigenvalue weighted by Gasteiger charge is -2.21. The Morgan fingerprint density at radius 1 is 0.307 bits per heavy atom. The van der Waals surface area contributed by atoms with Crippen LogP contribution in [0.25, 0.3) is 105 Å². The van der Waals surface area contributed by atoms with Gasteiger partial charge in [0.1, 0.15) is 35.2 Å². The van der Waals surface area contributed by atoms with Gasteiger partial charge in [-0.05, 0) is 100 Å². The first kappa shape index (κ1) is 81.9. The summed E-state index contributed by atoms with van der Waals surface area (Å²) >= 11 is 8.56. The molecule has 0 unspecified atom stereocenters. The quantitative estimate of drug-likeness (QED) is 0.0968. The van der Waals surface area contributed by atoms with Gasteiger partial charge in [-0.15, -0.1) is 0 Å². The van der Waals surface area contributed by atoms with Gasteiger partial charge in [-0.1, -0.05) is 132 Å². The van der Waals surface area contributed by atoms with Crippen LogP contribution in [0.15, 0.2) is 249 Å². The molecule has 0 aliphatic heterocycles. The van der Waals surface area contributed by atoms with Crippen molar-refractivity contribution in [1.29, 1.82) is 0 Å². The molecular weight excluding hydrogens is 1490 g/mol. The Labute approximate surface area is 693 Å². The SMILES string of the molecule is Cc1c(-[n+]2ccccc2C)cc2ccccc2c1-c1csc[n+]1C.Cc1c(-c2csc[n+]2C)cc(C(C)(C)C)cc1-[n+]1ccccc1C.Cc1cc(C)c(-[n+]2ccccc2C)c(C)c1-c1csc[n+]1C.[C-]#[N+]c1cc(-c2csc[n+]2C)c(C)c(-[n+]2ccccc2C)c1.[C-]#[N+]c1cc(-c2csc[n+]2C)c(C)c(-[n+]2ccccc2C)c1. The molecule has 10 aromatic heterocycles. The molecule has 114 heavy (non-hydrogen) atoms. The van der Waals surface area contributed by atoms with Crippen LogP contribution in [0.5, 0.6) is 0 Å². The molecule has 0 saturated carbocycles. The number of pyridine rings is 5. The van der Waals surface area contributed by atoms with E-state index in [-0.39, 0.29) is 5.41 Å².